The van der Waals surface area contributed by atoms with E-state index >= 15 is 0 Å². The van der Waals surface area contributed by atoms with Gasteiger partial charge in [-0.2, -0.15) is 5.10 Å². The summed E-state index contributed by atoms with van der Waals surface area (Å²) in [4.78, 5) is 1.47. The molecule has 1 aliphatic heterocycles. The Morgan fingerprint density at radius 3 is 2.83 bits per heavy atom. The van der Waals surface area contributed by atoms with Gasteiger partial charge in [0.25, 0.3) is 0 Å². The van der Waals surface area contributed by atoms with E-state index in [1.165, 1.54) is 4.90 Å². The molecule has 0 atom stereocenters. The van der Waals surface area contributed by atoms with Crippen molar-refractivity contribution < 1.29 is 18.4 Å². The fourth-order valence-electron chi connectivity index (χ4n) is 2.27. The predicted molar refractivity (Wildman–Crippen MR) is 88.7 cm³/mol. The maximum Gasteiger partial charge on any atom is 0.187 e. The van der Waals surface area contributed by atoms with Crippen molar-refractivity contribution in [1.29, 1.82) is 0 Å². The minimum atomic E-state index is -0.524. The second-order valence-electron chi connectivity index (χ2n) is 5.30. The smallest absolute Gasteiger partial charge is 0.187 e. The van der Waals surface area contributed by atoms with Gasteiger partial charge in [-0.1, -0.05) is 0 Å². The number of hydrazone groups is 1. The normalized spacial score (nSPS) is 16.2. The molecule has 5 nitrogen and oxygen atoms in total. The average molecular weight is 343 g/mol. The number of benzene rings is 1. The van der Waals surface area contributed by atoms with E-state index in [1.54, 1.807) is 6.92 Å². The Balaban J connectivity index is 1.77. The first-order valence-corrected chi connectivity index (χ1v) is 7.92. The fraction of sp³-hybridized carbons (Fsp3) is 0.467. The molecule has 1 heterocycles. The molecule has 0 aromatic heterocycles. The highest BCUT2D eigenvalue weighted by Gasteiger charge is 2.13. The van der Waals surface area contributed by atoms with Crippen molar-refractivity contribution in [3.05, 3.63) is 35.4 Å². The Kier molecular flexibility index (Phi) is 6.82. The standard InChI is InChI=1S/C15H20F2N4OS/c1-11(13-10-12(16)2-3-14(13)17)19-20-15(23)18-4-5-21-6-8-22-9-7-21/h2-3,10H,4-9H2,1H3,(H2,18,20,23)/p+1/b19-11-. The average Bonchev–Trinajstić information content (AvgIpc) is 2.56. The van der Waals surface area contributed by atoms with E-state index in [4.69, 9.17) is 17.0 Å². The van der Waals surface area contributed by atoms with Gasteiger partial charge in [0.2, 0.25) is 0 Å². The van der Waals surface area contributed by atoms with Crippen molar-refractivity contribution in [2.45, 2.75) is 6.92 Å². The summed E-state index contributed by atoms with van der Waals surface area (Å²) in [6.45, 7) is 6.82. The molecule has 2 rings (SSSR count). The molecule has 1 aromatic carbocycles. The number of hydrogen-bond donors (Lipinski definition) is 3. The van der Waals surface area contributed by atoms with Gasteiger partial charge in [-0.05, 0) is 37.3 Å². The maximum absolute atomic E-state index is 13.6. The van der Waals surface area contributed by atoms with E-state index < -0.39 is 11.6 Å². The Morgan fingerprint density at radius 1 is 1.35 bits per heavy atom. The number of hydrogen-bond acceptors (Lipinski definition) is 3. The topological polar surface area (TPSA) is 50.1 Å². The monoisotopic (exact) mass is 343 g/mol. The van der Waals surface area contributed by atoms with Crippen LogP contribution < -0.4 is 15.6 Å². The Bertz CT molecular complexity index is 577. The zero-order chi connectivity index (χ0) is 16.7. The first-order chi connectivity index (χ1) is 11.1. The van der Waals surface area contributed by atoms with E-state index in [0.29, 0.717) is 17.4 Å². The second-order valence-corrected chi connectivity index (χ2v) is 5.71. The number of ether oxygens (including phenoxy) is 1. The number of morpholine rings is 1. The molecule has 0 spiro atoms. The van der Waals surface area contributed by atoms with Gasteiger partial charge < -0.3 is 15.0 Å². The summed E-state index contributed by atoms with van der Waals surface area (Å²) in [7, 11) is 0. The predicted octanol–water partition coefficient (Wildman–Crippen LogP) is 0.0680. The van der Waals surface area contributed by atoms with Gasteiger partial charge in [-0.15, -0.1) is 0 Å². The quantitative estimate of drug-likeness (QED) is 0.402. The lowest BCUT2D eigenvalue weighted by Crippen LogP contribution is -3.14. The van der Waals surface area contributed by atoms with Crippen molar-refractivity contribution in [3.63, 3.8) is 0 Å². The first kappa shape index (κ1) is 17.7. The lowest BCUT2D eigenvalue weighted by molar-refractivity contribution is -0.906. The molecule has 0 bridgehead atoms. The molecule has 3 N–H and O–H groups in total. The van der Waals surface area contributed by atoms with Gasteiger partial charge in [0.05, 0.1) is 32.0 Å². The molecule has 0 unspecified atom stereocenters. The van der Waals surface area contributed by atoms with Crippen LogP contribution in [0.5, 0.6) is 0 Å². The van der Waals surface area contributed by atoms with Crippen LogP contribution in [0, 0.1) is 11.6 Å². The van der Waals surface area contributed by atoms with Crippen LogP contribution in [-0.2, 0) is 4.74 Å². The molecule has 0 amide bonds. The van der Waals surface area contributed by atoms with Crippen LogP contribution in [0.15, 0.2) is 23.3 Å². The molecular weight excluding hydrogens is 322 g/mol. The second kappa shape index (κ2) is 8.85. The Labute approximate surface area is 139 Å². The summed E-state index contributed by atoms with van der Waals surface area (Å²) in [5.41, 5.74) is 3.08. The Hall–Kier alpha value is -1.64. The molecule has 1 aliphatic rings. The third-order valence-corrected chi connectivity index (χ3v) is 3.84. The minimum Gasteiger partial charge on any atom is -0.370 e. The number of quaternary nitrogens is 1. The van der Waals surface area contributed by atoms with E-state index in [2.05, 4.69) is 15.8 Å². The highest BCUT2D eigenvalue weighted by molar-refractivity contribution is 7.80. The number of halogens is 2. The fourth-order valence-corrected chi connectivity index (χ4v) is 2.42. The van der Waals surface area contributed by atoms with E-state index in [0.717, 1.165) is 51.0 Å². The van der Waals surface area contributed by atoms with Crippen molar-refractivity contribution in [3.8, 4) is 0 Å². The summed E-state index contributed by atoms with van der Waals surface area (Å²) in [5.74, 6) is -1.03. The highest BCUT2D eigenvalue weighted by atomic mass is 32.1. The molecule has 1 aromatic rings. The zero-order valence-electron chi connectivity index (χ0n) is 13.0. The molecule has 0 saturated carbocycles. The van der Waals surface area contributed by atoms with Crippen LogP contribution in [0.2, 0.25) is 0 Å². The van der Waals surface area contributed by atoms with Crippen LogP contribution in [-0.4, -0.2) is 50.2 Å². The van der Waals surface area contributed by atoms with Gasteiger partial charge in [0, 0.05) is 5.56 Å². The van der Waals surface area contributed by atoms with Crippen molar-refractivity contribution in [2.24, 2.45) is 5.10 Å². The van der Waals surface area contributed by atoms with Gasteiger partial charge in [-0.3, -0.25) is 5.43 Å². The molecule has 0 aliphatic carbocycles. The summed E-state index contributed by atoms with van der Waals surface area (Å²) in [6.07, 6.45) is 0. The number of nitrogens with zero attached hydrogens (tertiary/aromatic N) is 1. The SMILES string of the molecule is C/C(=N/NC(=S)NCC[NH+]1CCOCC1)c1cc(F)ccc1F. The molecule has 1 saturated heterocycles. The molecule has 0 radical (unpaired) electrons. The van der Waals surface area contributed by atoms with Gasteiger partial charge in [0.15, 0.2) is 5.11 Å². The van der Waals surface area contributed by atoms with E-state index in [9.17, 15) is 8.78 Å². The number of rotatable bonds is 5. The summed E-state index contributed by atoms with van der Waals surface area (Å²) in [6, 6.07) is 3.25. The van der Waals surface area contributed by atoms with E-state index in [1.807, 2.05) is 0 Å². The Morgan fingerprint density at radius 2 is 2.09 bits per heavy atom. The largest absolute Gasteiger partial charge is 0.370 e. The van der Waals surface area contributed by atoms with Crippen LogP contribution >= 0.6 is 12.2 Å². The molecule has 8 heteroatoms. The van der Waals surface area contributed by atoms with Crippen LogP contribution in [0.1, 0.15) is 12.5 Å². The zero-order valence-corrected chi connectivity index (χ0v) is 13.8. The summed E-state index contributed by atoms with van der Waals surface area (Å²) in [5, 5.41) is 7.39. The maximum atomic E-state index is 13.6. The lowest BCUT2D eigenvalue weighted by Gasteiger charge is -2.23. The van der Waals surface area contributed by atoms with Crippen molar-refractivity contribution in [1.82, 2.24) is 10.7 Å². The number of nitrogens with one attached hydrogen (secondary N) is 3. The number of thiocarbonyl (C=S) groups is 1. The van der Waals surface area contributed by atoms with Gasteiger partial charge in [0.1, 0.15) is 24.7 Å². The van der Waals surface area contributed by atoms with Crippen molar-refractivity contribution >= 4 is 23.0 Å². The molecule has 126 valence electrons. The lowest BCUT2D eigenvalue weighted by atomic mass is 10.1. The third-order valence-electron chi connectivity index (χ3n) is 3.61. The third kappa shape index (κ3) is 5.81. The molecule has 23 heavy (non-hydrogen) atoms. The highest BCUT2D eigenvalue weighted by Crippen LogP contribution is 2.10. The van der Waals surface area contributed by atoms with Crippen LogP contribution in [0.3, 0.4) is 0 Å². The molecule has 1 fully saturated rings. The van der Waals surface area contributed by atoms with E-state index in [-0.39, 0.29) is 5.56 Å². The summed E-state index contributed by atoms with van der Waals surface area (Å²) >= 11 is 5.12. The first-order valence-electron chi connectivity index (χ1n) is 7.51. The summed E-state index contributed by atoms with van der Waals surface area (Å²) < 4.78 is 32.1. The van der Waals surface area contributed by atoms with Crippen LogP contribution in [0.4, 0.5) is 8.78 Å². The van der Waals surface area contributed by atoms with Gasteiger partial charge in [-0.25, -0.2) is 8.78 Å². The molecular formula is C15H21F2N4OS+. The van der Waals surface area contributed by atoms with Crippen molar-refractivity contribution in [2.75, 3.05) is 39.4 Å². The van der Waals surface area contributed by atoms with Gasteiger partial charge >= 0.3 is 0 Å². The minimum absolute atomic E-state index is 0.109. The van der Waals surface area contributed by atoms with Crippen LogP contribution in [0.25, 0.3) is 0 Å².